The van der Waals surface area contributed by atoms with Crippen molar-refractivity contribution < 1.29 is 0 Å². The second kappa shape index (κ2) is 5.89. The Hall–Kier alpha value is -1.12. The zero-order chi connectivity index (χ0) is 13.9. The van der Waals surface area contributed by atoms with Gasteiger partial charge in [-0.15, -0.1) is 0 Å². The van der Waals surface area contributed by atoms with Gasteiger partial charge in [0.2, 0.25) is 5.95 Å². The lowest BCUT2D eigenvalue weighted by Crippen LogP contribution is -2.38. The molecule has 1 aromatic rings. The van der Waals surface area contributed by atoms with Gasteiger partial charge in [-0.25, -0.2) is 9.97 Å². The van der Waals surface area contributed by atoms with Crippen LogP contribution in [-0.2, 0) is 6.42 Å². The average molecular weight is 261 g/mol. The van der Waals surface area contributed by atoms with Gasteiger partial charge >= 0.3 is 0 Å². The molecule has 1 aromatic heterocycles. The third-order valence-electron chi connectivity index (χ3n) is 4.23. The molecular weight excluding hydrogens is 234 g/mol. The maximum atomic E-state index is 4.52. The minimum absolute atomic E-state index is 0.429. The fourth-order valence-corrected chi connectivity index (χ4v) is 2.87. The van der Waals surface area contributed by atoms with Crippen LogP contribution in [0.5, 0.6) is 0 Å². The molecule has 0 atom stereocenters. The summed E-state index contributed by atoms with van der Waals surface area (Å²) in [5.41, 5.74) is 1.67. The van der Waals surface area contributed by atoms with E-state index in [2.05, 4.69) is 42.6 Å². The van der Waals surface area contributed by atoms with Crippen LogP contribution in [-0.4, -0.2) is 23.1 Å². The van der Waals surface area contributed by atoms with Crippen molar-refractivity contribution in [2.45, 2.75) is 53.4 Å². The predicted octanol–water partition coefficient (Wildman–Crippen LogP) is 3.69. The van der Waals surface area contributed by atoms with Crippen LogP contribution in [0.2, 0.25) is 0 Å². The van der Waals surface area contributed by atoms with Crippen molar-refractivity contribution in [2.75, 3.05) is 18.0 Å². The van der Waals surface area contributed by atoms with Crippen LogP contribution in [0.15, 0.2) is 12.4 Å². The zero-order valence-corrected chi connectivity index (χ0v) is 12.8. The zero-order valence-electron chi connectivity index (χ0n) is 12.8. The SMILES string of the molecule is CCCc1cnc(N2CCC(C(C)(C)C)CC2)nc1. The molecule has 1 fully saturated rings. The fraction of sp³-hybridized carbons (Fsp3) is 0.750. The molecule has 0 N–H and O–H groups in total. The molecule has 0 spiro atoms. The predicted molar refractivity (Wildman–Crippen MR) is 80.4 cm³/mol. The highest BCUT2D eigenvalue weighted by Gasteiger charge is 2.29. The fourth-order valence-electron chi connectivity index (χ4n) is 2.87. The summed E-state index contributed by atoms with van der Waals surface area (Å²) in [6, 6.07) is 0. The molecule has 0 radical (unpaired) electrons. The van der Waals surface area contributed by atoms with Gasteiger partial charge in [0.05, 0.1) is 0 Å². The van der Waals surface area contributed by atoms with E-state index in [4.69, 9.17) is 0 Å². The molecule has 1 aliphatic rings. The molecule has 106 valence electrons. The summed E-state index contributed by atoms with van der Waals surface area (Å²) in [5.74, 6) is 1.73. The number of hydrogen-bond donors (Lipinski definition) is 0. The van der Waals surface area contributed by atoms with E-state index < -0.39 is 0 Å². The van der Waals surface area contributed by atoms with Crippen LogP contribution < -0.4 is 4.90 Å². The van der Waals surface area contributed by atoms with Crippen LogP contribution in [0.3, 0.4) is 0 Å². The summed E-state index contributed by atoms with van der Waals surface area (Å²) in [7, 11) is 0. The average Bonchev–Trinajstić information content (AvgIpc) is 2.39. The largest absolute Gasteiger partial charge is 0.341 e. The van der Waals surface area contributed by atoms with E-state index in [1.165, 1.54) is 18.4 Å². The van der Waals surface area contributed by atoms with Crippen molar-refractivity contribution >= 4 is 5.95 Å². The van der Waals surface area contributed by atoms with E-state index in [0.717, 1.165) is 37.8 Å². The maximum Gasteiger partial charge on any atom is 0.225 e. The molecule has 1 aliphatic heterocycles. The standard InChI is InChI=1S/C16H27N3/c1-5-6-13-11-17-15(18-12-13)19-9-7-14(8-10-19)16(2,3)4/h11-12,14H,5-10H2,1-4H3. The van der Waals surface area contributed by atoms with Crippen molar-refractivity contribution in [3.05, 3.63) is 18.0 Å². The number of anilines is 1. The molecular formula is C16H27N3. The molecule has 0 amide bonds. The molecule has 0 bridgehead atoms. The molecule has 19 heavy (non-hydrogen) atoms. The van der Waals surface area contributed by atoms with Gasteiger partial charge in [0.15, 0.2) is 0 Å². The summed E-state index contributed by atoms with van der Waals surface area (Å²) in [6.07, 6.45) is 8.71. The van der Waals surface area contributed by atoms with Crippen LogP contribution in [0.1, 0.15) is 52.5 Å². The lowest BCUT2D eigenvalue weighted by molar-refractivity contribution is 0.198. The first-order valence-electron chi connectivity index (χ1n) is 7.56. The van der Waals surface area contributed by atoms with Crippen molar-refractivity contribution in [1.82, 2.24) is 9.97 Å². The van der Waals surface area contributed by atoms with Crippen LogP contribution in [0.4, 0.5) is 5.95 Å². The molecule has 0 aliphatic carbocycles. The van der Waals surface area contributed by atoms with Gasteiger partial charge in [0.25, 0.3) is 0 Å². The molecule has 1 saturated heterocycles. The van der Waals surface area contributed by atoms with Gasteiger partial charge in [0, 0.05) is 25.5 Å². The van der Waals surface area contributed by atoms with Crippen LogP contribution in [0.25, 0.3) is 0 Å². The molecule has 3 nitrogen and oxygen atoms in total. The van der Waals surface area contributed by atoms with Gasteiger partial charge in [-0.1, -0.05) is 34.1 Å². The Morgan fingerprint density at radius 3 is 2.21 bits per heavy atom. The van der Waals surface area contributed by atoms with Gasteiger partial charge in [-0.3, -0.25) is 0 Å². The highest BCUT2D eigenvalue weighted by molar-refractivity contribution is 5.30. The highest BCUT2D eigenvalue weighted by atomic mass is 15.2. The topological polar surface area (TPSA) is 29.0 Å². The summed E-state index contributed by atoms with van der Waals surface area (Å²) in [5, 5.41) is 0. The summed E-state index contributed by atoms with van der Waals surface area (Å²) in [4.78, 5) is 11.4. The lowest BCUT2D eigenvalue weighted by atomic mass is 9.75. The normalized spacial score (nSPS) is 17.8. The molecule has 0 saturated carbocycles. The monoisotopic (exact) mass is 261 g/mol. The lowest BCUT2D eigenvalue weighted by Gasteiger charge is -2.38. The Labute approximate surface area is 117 Å². The van der Waals surface area contributed by atoms with Gasteiger partial charge < -0.3 is 4.90 Å². The Morgan fingerprint density at radius 2 is 1.74 bits per heavy atom. The van der Waals surface area contributed by atoms with E-state index in [9.17, 15) is 0 Å². The first-order chi connectivity index (χ1) is 9.00. The Bertz CT molecular complexity index is 383. The molecule has 0 unspecified atom stereocenters. The minimum Gasteiger partial charge on any atom is -0.341 e. The van der Waals surface area contributed by atoms with Crippen molar-refractivity contribution in [3.8, 4) is 0 Å². The number of aromatic nitrogens is 2. The van der Waals surface area contributed by atoms with Crippen molar-refractivity contribution in [2.24, 2.45) is 11.3 Å². The Kier molecular flexibility index (Phi) is 4.43. The van der Waals surface area contributed by atoms with Crippen LogP contribution >= 0.6 is 0 Å². The van der Waals surface area contributed by atoms with Crippen LogP contribution in [0, 0.1) is 11.3 Å². The summed E-state index contributed by atoms with van der Waals surface area (Å²) < 4.78 is 0. The number of nitrogens with zero attached hydrogens (tertiary/aromatic N) is 3. The first-order valence-corrected chi connectivity index (χ1v) is 7.56. The molecule has 3 heteroatoms. The first kappa shape index (κ1) is 14.3. The Morgan fingerprint density at radius 1 is 1.16 bits per heavy atom. The third-order valence-corrected chi connectivity index (χ3v) is 4.23. The Balaban J connectivity index is 1.94. The highest BCUT2D eigenvalue weighted by Crippen LogP contribution is 2.34. The van der Waals surface area contributed by atoms with Gasteiger partial charge in [-0.2, -0.15) is 0 Å². The van der Waals surface area contributed by atoms with Crippen molar-refractivity contribution in [1.29, 1.82) is 0 Å². The summed E-state index contributed by atoms with van der Waals surface area (Å²) >= 11 is 0. The van der Waals surface area contributed by atoms with Crippen molar-refractivity contribution in [3.63, 3.8) is 0 Å². The molecule has 2 rings (SSSR count). The number of rotatable bonds is 3. The third kappa shape index (κ3) is 3.68. The number of piperidine rings is 1. The second-order valence-corrected chi connectivity index (χ2v) is 6.77. The minimum atomic E-state index is 0.429. The number of aryl methyl sites for hydroxylation is 1. The van der Waals surface area contributed by atoms with E-state index in [0.29, 0.717) is 5.41 Å². The smallest absolute Gasteiger partial charge is 0.225 e. The molecule has 0 aromatic carbocycles. The number of hydrogen-bond acceptors (Lipinski definition) is 3. The quantitative estimate of drug-likeness (QED) is 0.831. The second-order valence-electron chi connectivity index (χ2n) is 6.77. The van der Waals surface area contributed by atoms with E-state index in [1.54, 1.807) is 0 Å². The van der Waals surface area contributed by atoms with Gasteiger partial charge in [0.1, 0.15) is 0 Å². The van der Waals surface area contributed by atoms with E-state index in [-0.39, 0.29) is 0 Å². The summed E-state index contributed by atoms with van der Waals surface area (Å²) in [6.45, 7) is 11.4. The van der Waals surface area contributed by atoms with E-state index >= 15 is 0 Å². The molecule has 2 heterocycles. The van der Waals surface area contributed by atoms with Gasteiger partial charge in [-0.05, 0) is 36.2 Å². The maximum absolute atomic E-state index is 4.52. The van der Waals surface area contributed by atoms with E-state index in [1.807, 2.05) is 12.4 Å².